The number of rotatable bonds is 6. The molecule has 5 rings (SSSR count). The summed E-state index contributed by atoms with van der Waals surface area (Å²) >= 11 is 1.70. The number of ether oxygens (including phenoxy) is 2. The van der Waals surface area contributed by atoms with Crippen molar-refractivity contribution in [2.75, 3.05) is 13.2 Å². The molecule has 0 radical (unpaired) electrons. The highest BCUT2D eigenvalue weighted by Crippen LogP contribution is 2.31. The molecule has 7 heteroatoms. The van der Waals surface area contributed by atoms with E-state index in [1.165, 1.54) is 4.88 Å². The summed E-state index contributed by atoms with van der Waals surface area (Å²) in [5.74, 6) is 1.46. The van der Waals surface area contributed by atoms with Gasteiger partial charge in [0.15, 0.2) is 17.6 Å². The fourth-order valence-corrected chi connectivity index (χ4v) is 4.24. The normalized spacial score (nSPS) is 15.3. The summed E-state index contributed by atoms with van der Waals surface area (Å²) in [5.41, 5.74) is 1.49. The van der Waals surface area contributed by atoms with Crippen LogP contribution in [0.4, 0.5) is 0 Å². The van der Waals surface area contributed by atoms with Gasteiger partial charge in [-0.1, -0.05) is 18.2 Å². The third kappa shape index (κ3) is 4.02. The molecular weight excluding hydrogens is 398 g/mol. The van der Waals surface area contributed by atoms with E-state index in [2.05, 4.69) is 16.5 Å². The van der Waals surface area contributed by atoms with E-state index in [0.717, 1.165) is 28.8 Å². The molecular formula is C23H21N3O3S. The Kier molecular flexibility index (Phi) is 5.11. The largest absolute Gasteiger partial charge is 0.486 e. The van der Waals surface area contributed by atoms with Gasteiger partial charge < -0.3 is 14.8 Å². The van der Waals surface area contributed by atoms with E-state index in [1.807, 2.05) is 64.8 Å². The molecule has 4 aromatic rings. The Morgan fingerprint density at radius 2 is 2.07 bits per heavy atom. The van der Waals surface area contributed by atoms with Crippen LogP contribution in [0.2, 0.25) is 0 Å². The van der Waals surface area contributed by atoms with Crippen molar-refractivity contribution in [1.29, 1.82) is 0 Å². The second kappa shape index (κ2) is 8.20. The Hall–Kier alpha value is -3.32. The lowest BCUT2D eigenvalue weighted by atomic mass is 10.1. The Balaban J connectivity index is 1.23. The number of fused-ring (bicyclic) bond motifs is 2. The summed E-state index contributed by atoms with van der Waals surface area (Å²) in [5, 5.41) is 10.6. The molecule has 0 spiro atoms. The molecule has 3 heterocycles. The molecule has 2 aromatic carbocycles. The highest BCUT2D eigenvalue weighted by molar-refractivity contribution is 7.09. The van der Waals surface area contributed by atoms with Crippen molar-refractivity contribution in [2.24, 2.45) is 0 Å². The first-order valence-corrected chi connectivity index (χ1v) is 10.8. The molecule has 6 nitrogen and oxygen atoms in total. The summed E-state index contributed by atoms with van der Waals surface area (Å²) in [6.07, 6.45) is 2.67. The molecule has 1 atom stereocenters. The van der Waals surface area contributed by atoms with Crippen LogP contribution >= 0.6 is 11.3 Å². The summed E-state index contributed by atoms with van der Waals surface area (Å²) in [4.78, 5) is 13.8. The lowest BCUT2D eigenvalue weighted by molar-refractivity contribution is 0.0760. The monoisotopic (exact) mass is 419 g/mol. The van der Waals surface area contributed by atoms with Crippen LogP contribution in [0.3, 0.4) is 0 Å². The number of thiophene rings is 1. The Labute approximate surface area is 178 Å². The maximum atomic E-state index is 12.5. The van der Waals surface area contributed by atoms with E-state index >= 15 is 0 Å². The quantitative estimate of drug-likeness (QED) is 0.515. The topological polar surface area (TPSA) is 65.4 Å². The summed E-state index contributed by atoms with van der Waals surface area (Å²) in [6.45, 7) is 1.67. The van der Waals surface area contributed by atoms with Crippen molar-refractivity contribution < 1.29 is 14.3 Å². The standard InChI is InChI=1S/C23H21N3O3S/c27-23(24-10-9-19-4-3-11-30-19)16-7-8-20-17(12-16)13-26(25-20)14-18-15-28-21-5-1-2-6-22(21)29-18/h1-8,11-13,18H,9-10,14-15H2,(H,24,27). The molecule has 2 aromatic heterocycles. The number of carbonyl (C=O) groups excluding carboxylic acids is 1. The van der Waals surface area contributed by atoms with E-state index in [-0.39, 0.29) is 12.0 Å². The highest BCUT2D eigenvalue weighted by Gasteiger charge is 2.21. The molecule has 152 valence electrons. The second-order valence-electron chi connectivity index (χ2n) is 7.21. The maximum absolute atomic E-state index is 12.5. The van der Waals surface area contributed by atoms with Gasteiger partial charge in [-0.05, 0) is 48.2 Å². The van der Waals surface area contributed by atoms with Crippen LogP contribution < -0.4 is 14.8 Å². The number of hydrogen-bond donors (Lipinski definition) is 1. The number of nitrogens with zero attached hydrogens (tertiary/aromatic N) is 2. The lowest BCUT2D eigenvalue weighted by Crippen LogP contribution is -2.33. The molecule has 0 fully saturated rings. The van der Waals surface area contributed by atoms with Crippen molar-refractivity contribution in [3.8, 4) is 11.5 Å². The molecule has 1 unspecified atom stereocenters. The molecule has 1 aliphatic rings. The van der Waals surface area contributed by atoms with Gasteiger partial charge in [-0.2, -0.15) is 5.10 Å². The van der Waals surface area contributed by atoms with Crippen molar-refractivity contribution in [3.05, 3.63) is 76.6 Å². The van der Waals surface area contributed by atoms with Crippen LogP contribution in [0.15, 0.2) is 66.2 Å². The number of amides is 1. The minimum atomic E-state index is -0.116. The molecule has 1 aliphatic heterocycles. The highest BCUT2D eigenvalue weighted by atomic mass is 32.1. The molecule has 1 amide bonds. The van der Waals surface area contributed by atoms with E-state index < -0.39 is 0 Å². The first kappa shape index (κ1) is 18.7. The zero-order chi connectivity index (χ0) is 20.3. The van der Waals surface area contributed by atoms with Gasteiger partial charge in [0.2, 0.25) is 0 Å². The number of carbonyl (C=O) groups is 1. The fraction of sp³-hybridized carbons (Fsp3) is 0.217. The number of para-hydroxylation sites is 2. The Morgan fingerprint density at radius 3 is 2.93 bits per heavy atom. The lowest BCUT2D eigenvalue weighted by Gasteiger charge is -2.26. The first-order valence-electron chi connectivity index (χ1n) is 9.91. The summed E-state index contributed by atoms with van der Waals surface area (Å²) in [6, 6.07) is 17.4. The smallest absolute Gasteiger partial charge is 0.251 e. The van der Waals surface area contributed by atoms with Gasteiger partial charge in [-0.15, -0.1) is 11.3 Å². The van der Waals surface area contributed by atoms with Crippen molar-refractivity contribution in [2.45, 2.75) is 19.1 Å². The van der Waals surface area contributed by atoms with E-state index in [0.29, 0.717) is 25.3 Å². The summed E-state index contributed by atoms with van der Waals surface area (Å²) < 4.78 is 13.7. The van der Waals surface area contributed by atoms with Crippen LogP contribution in [0, 0.1) is 0 Å². The van der Waals surface area contributed by atoms with Crippen LogP contribution in [-0.2, 0) is 13.0 Å². The van der Waals surface area contributed by atoms with Gasteiger partial charge in [-0.25, -0.2) is 0 Å². The Morgan fingerprint density at radius 1 is 1.17 bits per heavy atom. The third-order valence-corrected chi connectivity index (χ3v) is 5.95. The molecule has 0 saturated heterocycles. The molecule has 30 heavy (non-hydrogen) atoms. The van der Waals surface area contributed by atoms with Crippen LogP contribution in [0.25, 0.3) is 10.9 Å². The van der Waals surface area contributed by atoms with Gasteiger partial charge in [0, 0.05) is 28.6 Å². The molecule has 0 bridgehead atoms. The predicted octanol–water partition coefficient (Wildman–Crippen LogP) is 3.91. The summed E-state index contributed by atoms with van der Waals surface area (Å²) in [7, 11) is 0. The fourth-order valence-electron chi connectivity index (χ4n) is 3.53. The van der Waals surface area contributed by atoms with Crippen LogP contribution in [-0.4, -0.2) is 34.9 Å². The van der Waals surface area contributed by atoms with Crippen LogP contribution in [0.5, 0.6) is 11.5 Å². The molecule has 1 N–H and O–H groups in total. The van der Waals surface area contributed by atoms with Gasteiger partial charge in [0.05, 0.1) is 12.1 Å². The van der Waals surface area contributed by atoms with Gasteiger partial charge in [0.1, 0.15) is 6.61 Å². The molecule has 0 saturated carbocycles. The molecule has 0 aliphatic carbocycles. The van der Waals surface area contributed by atoms with E-state index in [9.17, 15) is 4.79 Å². The minimum Gasteiger partial charge on any atom is -0.486 e. The maximum Gasteiger partial charge on any atom is 0.251 e. The Bertz CT molecular complexity index is 1170. The van der Waals surface area contributed by atoms with Crippen molar-refractivity contribution in [3.63, 3.8) is 0 Å². The second-order valence-corrected chi connectivity index (χ2v) is 8.24. The van der Waals surface area contributed by atoms with E-state index in [1.54, 1.807) is 11.3 Å². The van der Waals surface area contributed by atoms with Crippen molar-refractivity contribution >= 4 is 28.1 Å². The predicted molar refractivity (Wildman–Crippen MR) is 116 cm³/mol. The SMILES string of the molecule is O=C(NCCc1cccs1)c1ccc2nn(CC3COc4ccccc4O3)cc2c1. The number of hydrogen-bond acceptors (Lipinski definition) is 5. The number of aromatic nitrogens is 2. The number of nitrogens with one attached hydrogen (secondary N) is 1. The minimum absolute atomic E-state index is 0.0678. The van der Waals surface area contributed by atoms with Crippen LogP contribution in [0.1, 0.15) is 15.2 Å². The average Bonchev–Trinajstić information content (AvgIpc) is 3.42. The zero-order valence-electron chi connectivity index (χ0n) is 16.3. The number of benzene rings is 2. The average molecular weight is 420 g/mol. The zero-order valence-corrected chi connectivity index (χ0v) is 17.1. The third-order valence-electron chi connectivity index (χ3n) is 5.01. The van der Waals surface area contributed by atoms with E-state index in [4.69, 9.17) is 9.47 Å². The van der Waals surface area contributed by atoms with Gasteiger partial charge in [0.25, 0.3) is 5.91 Å². The van der Waals surface area contributed by atoms with Crippen molar-refractivity contribution in [1.82, 2.24) is 15.1 Å². The van der Waals surface area contributed by atoms with Gasteiger partial charge >= 0.3 is 0 Å². The first-order chi connectivity index (χ1) is 14.7. The van der Waals surface area contributed by atoms with Gasteiger partial charge in [-0.3, -0.25) is 9.48 Å².